The lowest BCUT2D eigenvalue weighted by Gasteiger charge is -2.32. The van der Waals surface area contributed by atoms with E-state index in [4.69, 9.17) is 20.8 Å². The van der Waals surface area contributed by atoms with Gasteiger partial charge in [0.25, 0.3) is 0 Å². The third-order valence-electron chi connectivity index (χ3n) is 5.88. The van der Waals surface area contributed by atoms with Gasteiger partial charge in [0.15, 0.2) is 0 Å². The van der Waals surface area contributed by atoms with Crippen molar-refractivity contribution in [1.82, 2.24) is 14.9 Å². The van der Waals surface area contributed by atoms with Gasteiger partial charge in [-0.05, 0) is 70.3 Å². The molecule has 170 valence electrons. The molecule has 4 rings (SSSR count). The van der Waals surface area contributed by atoms with Crippen molar-refractivity contribution in [3.8, 4) is 0 Å². The van der Waals surface area contributed by atoms with Crippen molar-refractivity contribution >= 4 is 34.5 Å². The van der Waals surface area contributed by atoms with E-state index in [0.29, 0.717) is 46.6 Å². The van der Waals surface area contributed by atoms with Crippen molar-refractivity contribution in [3.63, 3.8) is 0 Å². The van der Waals surface area contributed by atoms with Gasteiger partial charge in [-0.15, -0.1) is 0 Å². The molecular formula is C24H29ClN4O3. The fourth-order valence-electron chi connectivity index (χ4n) is 4.28. The number of carbonyl (C=O) groups excluding carboxylic acids is 1. The molecule has 3 heterocycles. The number of rotatable bonds is 7. The zero-order valence-corrected chi connectivity index (χ0v) is 19.5. The summed E-state index contributed by atoms with van der Waals surface area (Å²) in [4.78, 5) is 23.9. The summed E-state index contributed by atoms with van der Waals surface area (Å²) in [6.07, 6.45) is 2.19. The number of hydrogen-bond acceptors (Lipinski definition) is 7. The SMILES string of the molecule is CCOC(=O)c1c(C)oc2nc(C)nc(NCC3CCN(Cc4cccc(Cl)c4)CC3)c12. The molecule has 0 aliphatic carbocycles. The minimum absolute atomic E-state index is 0.300. The van der Waals surface area contributed by atoms with Crippen LogP contribution >= 0.6 is 11.6 Å². The lowest BCUT2D eigenvalue weighted by atomic mass is 9.96. The molecule has 7 nitrogen and oxygen atoms in total. The summed E-state index contributed by atoms with van der Waals surface area (Å²) >= 11 is 6.11. The Morgan fingerprint density at radius 3 is 2.78 bits per heavy atom. The Kier molecular flexibility index (Phi) is 6.96. The second-order valence-corrected chi connectivity index (χ2v) is 8.72. The summed E-state index contributed by atoms with van der Waals surface area (Å²) in [6.45, 7) is 9.43. The van der Waals surface area contributed by atoms with E-state index >= 15 is 0 Å². The molecule has 0 unspecified atom stereocenters. The first-order valence-corrected chi connectivity index (χ1v) is 11.5. The molecule has 1 fully saturated rings. The molecule has 0 amide bonds. The molecule has 0 atom stereocenters. The molecule has 8 heteroatoms. The molecule has 1 aliphatic heterocycles. The van der Waals surface area contributed by atoms with Crippen molar-refractivity contribution in [3.05, 3.63) is 52.0 Å². The van der Waals surface area contributed by atoms with Crippen LogP contribution in [0.25, 0.3) is 11.1 Å². The molecule has 1 N–H and O–H groups in total. The molecule has 1 aromatic carbocycles. The number of nitrogens with zero attached hydrogens (tertiary/aromatic N) is 3. The first-order chi connectivity index (χ1) is 15.4. The number of halogens is 1. The molecule has 0 bridgehead atoms. The number of anilines is 1. The quantitative estimate of drug-likeness (QED) is 0.501. The van der Waals surface area contributed by atoms with E-state index in [2.05, 4.69) is 26.3 Å². The van der Waals surface area contributed by atoms with Crippen LogP contribution in [0.1, 0.15) is 47.3 Å². The second-order valence-electron chi connectivity index (χ2n) is 8.28. The number of hydrogen-bond donors (Lipinski definition) is 1. The van der Waals surface area contributed by atoms with Gasteiger partial charge < -0.3 is 14.5 Å². The van der Waals surface area contributed by atoms with Gasteiger partial charge in [-0.1, -0.05) is 23.7 Å². The molecule has 0 saturated carbocycles. The number of furan rings is 1. The number of aryl methyl sites for hydroxylation is 2. The van der Waals surface area contributed by atoms with E-state index < -0.39 is 5.97 Å². The van der Waals surface area contributed by atoms with E-state index in [-0.39, 0.29) is 0 Å². The Bertz CT molecular complexity index is 1110. The minimum atomic E-state index is -0.409. The van der Waals surface area contributed by atoms with E-state index in [1.54, 1.807) is 13.8 Å². The lowest BCUT2D eigenvalue weighted by Crippen LogP contribution is -2.35. The fourth-order valence-corrected chi connectivity index (χ4v) is 4.49. The van der Waals surface area contributed by atoms with Crippen LogP contribution in [0.2, 0.25) is 5.02 Å². The monoisotopic (exact) mass is 456 g/mol. The standard InChI is InChI=1S/C24H29ClN4O3/c1-4-31-24(30)20-15(2)32-23-21(20)22(27-16(3)28-23)26-13-17-8-10-29(11-9-17)14-18-6-5-7-19(25)12-18/h5-7,12,17H,4,8-11,13-14H2,1-3H3,(H,26,27,28). The Labute approximate surface area is 193 Å². The number of esters is 1. The molecule has 0 radical (unpaired) electrons. The Morgan fingerprint density at radius 2 is 2.06 bits per heavy atom. The van der Waals surface area contributed by atoms with Crippen LogP contribution in [0, 0.1) is 19.8 Å². The van der Waals surface area contributed by atoms with Gasteiger partial charge in [0, 0.05) is 18.1 Å². The predicted molar refractivity (Wildman–Crippen MR) is 125 cm³/mol. The van der Waals surface area contributed by atoms with Gasteiger partial charge in [0.05, 0.1) is 12.0 Å². The number of ether oxygens (including phenoxy) is 1. The van der Waals surface area contributed by atoms with E-state index in [9.17, 15) is 4.79 Å². The van der Waals surface area contributed by atoms with Crippen LogP contribution < -0.4 is 5.32 Å². The first-order valence-electron chi connectivity index (χ1n) is 11.1. The summed E-state index contributed by atoms with van der Waals surface area (Å²) < 4.78 is 11.0. The Hall–Kier alpha value is -2.64. The maximum atomic E-state index is 12.5. The summed E-state index contributed by atoms with van der Waals surface area (Å²) in [5.41, 5.74) is 2.06. The lowest BCUT2D eigenvalue weighted by molar-refractivity contribution is 0.0526. The largest absolute Gasteiger partial charge is 0.462 e. The average Bonchev–Trinajstić information content (AvgIpc) is 3.09. The molecule has 3 aromatic rings. The highest BCUT2D eigenvalue weighted by atomic mass is 35.5. The highest BCUT2D eigenvalue weighted by molar-refractivity contribution is 6.30. The minimum Gasteiger partial charge on any atom is -0.462 e. The summed E-state index contributed by atoms with van der Waals surface area (Å²) in [7, 11) is 0. The van der Waals surface area contributed by atoms with Gasteiger partial charge >= 0.3 is 5.97 Å². The topological polar surface area (TPSA) is 80.5 Å². The fraction of sp³-hybridized carbons (Fsp3) is 0.458. The smallest absolute Gasteiger partial charge is 0.342 e. The zero-order chi connectivity index (χ0) is 22.7. The first kappa shape index (κ1) is 22.6. The third kappa shape index (κ3) is 5.05. The number of nitrogens with one attached hydrogen (secondary N) is 1. The summed E-state index contributed by atoms with van der Waals surface area (Å²) in [5.74, 6) is 1.84. The van der Waals surface area contributed by atoms with Gasteiger partial charge in [0.2, 0.25) is 5.71 Å². The maximum absolute atomic E-state index is 12.5. The van der Waals surface area contributed by atoms with Crippen LogP contribution in [0.5, 0.6) is 0 Å². The van der Waals surface area contributed by atoms with Crippen molar-refractivity contribution in [2.24, 2.45) is 5.92 Å². The predicted octanol–water partition coefficient (Wildman–Crippen LogP) is 4.99. The maximum Gasteiger partial charge on any atom is 0.342 e. The number of likely N-dealkylation sites (tertiary alicyclic amines) is 1. The Balaban J connectivity index is 1.42. The Morgan fingerprint density at radius 1 is 1.28 bits per heavy atom. The van der Waals surface area contributed by atoms with Crippen molar-refractivity contribution in [2.45, 2.75) is 40.2 Å². The molecule has 0 spiro atoms. The number of aromatic nitrogens is 2. The number of carbonyl (C=O) groups is 1. The number of piperidine rings is 1. The summed E-state index contributed by atoms with van der Waals surface area (Å²) in [6, 6.07) is 8.06. The third-order valence-corrected chi connectivity index (χ3v) is 6.11. The highest BCUT2D eigenvalue weighted by Gasteiger charge is 2.25. The van der Waals surface area contributed by atoms with Gasteiger partial charge in [-0.2, -0.15) is 4.98 Å². The van der Waals surface area contributed by atoms with Crippen LogP contribution in [-0.2, 0) is 11.3 Å². The van der Waals surface area contributed by atoms with Crippen LogP contribution in [0.3, 0.4) is 0 Å². The molecular weight excluding hydrogens is 428 g/mol. The van der Waals surface area contributed by atoms with Crippen molar-refractivity contribution in [2.75, 3.05) is 31.6 Å². The van der Waals surface area contributed by atoms with Gasteiger partial charge in [-0.25, -0.2) is 9.78 Å². The molecule has 32 heavy (non-hydrogen) atoms. The molecule has 2 aromatic heterocycles. The second kappa shape index (κ2) is 9.88. The molecule has 1 aliphatic rings. The zero-order valence-electron chi connectivity index (χ0n) is 18.8. The molecule has 1 saturated heterocycles. The summed E-state index contributed by atoms with van der Waals surface area (Å²) in [5, 5.41) is 4.85. The van der Waals surface area contributed by atoms with Gasteiger partial charge in [-0.3, -0.25) is 4.90 Å². The van der Waals surface area contributed by atoms with E-state index in [1.165, 1.54) is 5.56 Å². The normalized spacial score (nSPS) is 15.2. The van der Waals surface area contributed by atoms with Crippen LogP contribution in [0.4, 0.5) is 5.82 Å². The van der Waals surface area contributed by atoms with Crippen molar-refractivity contribution < 1.29 is 13.9 Å². The number of fused-ring (bicyclic) bond motifs is 1. The van der Waals surface area contributed by atoms with Crippen LogP contribution in [0.15, 0.2) is 28.7 Å². The van der Waals surface area contributed by atoms with E-state index in [0.717, 1.165) is 44.0 Å². The van der Waals surface area contributed by atoms with Gasteiger partial charge in [0.1, 0.15) is 23.0 Å². The van der Waals surface area contributed by atoms with Crippen molar-refractivity contribution in [1.29, 1.82) is 0 Å². The average molecular weight is 457 g/mol. The van der Waals surface area contributed by atoms with Crippen LogP contribution in [-0.4, -0.2) is 47.1 Å². The highest BCUT2D eigenvalue weighted by Crippen LogP contribution is 2.31. The number of benzene rings is 1. The van der Waals surface area contributed by atoms with E-state index in [1.807, 2.05) is 25.1 Å².